The van der Waals surface area contributed by atoms with Crippen LogP contribution in [0.4, 0.5) is 0 Å². The molecule has 1 heterocycles. The van der Waals surface area contributed by atoms with Gasteiger partial charge in [0, 0.05) is 33.7 Å². The van der Waals surface area contributed by atoms with Gasteiger partial charge in [0.1, 0.15) is 5.52 Å². The van der Waals surface area contributed by atoms with Crippen molar-refractivity contribution >= 4 is 34.3 Å². The molecule has 25 heavy (non-hydrogen) atoms. The average Bonchev–Trinajstić information content (AvgIpc) is 2.96. The number of rotatable bonds is 4. The number of fused-ring (bicyclic) bond motifs is 1. The smallest absolute Gasteiger partial charge is 0.195 e. The fraction of sp³-hybridized carbons (Fsp3) is 0.350. The molecule has 0 spiro atoms. The quantitative estimate of drug-likeness (QED) is 0.729. The third kappa shape index (κ3) is 3.19. The number of nitrogens with zero attached hydrogens (tertiary/aromatic N) is 1. The predicted molar refractivity (Wildman–Crippen MR) is 97.8 cm³/mol. The van der Waals surface area contributed by atoms with Crippen LogP contribution >= 0.6 is 11.6 Å². The van der Waals surface area contributed by atoms with E-state index in [-0.39, 0.29) is 11.6 Å². The van der Waals surface area contributed by atoms with Crippen LogP contribution in [0.1, 0.15) is 45.1 Å². The fourth-order valence-corrected chi connectivity index (χ4v) is 3.24. The summed E-state index contributed by atoms with van der Waals surface area (Å²) in [5.74, 6) is 0.571. The average molecular weight is 358 g/mol. The number of benzene rings is 1. The summed E-state index contributed by atoms with van der Waals surface area (Å²) in [6.07, 6.45) is 1.84. The highest BCUT2D eigenvalue weighted by atomic mass is 35.5. The number of ketones is 2. The maximum atomic E-state index is 12.4. The monoisotopic (exact) mass is 357 g/mol. The molecule has 0 saturated carbocycles. The molecule has 5 heteroatoms. The standard InChI is InChI=1S/C20H20ClNO3/c1-10-8-17-16(9-15(10)21)22-18(25-17)7-5-6-14-13(4)19(23)11(2)12(3)20(14)24/h8-9H,5-7H2,1-4H3. The van der Waals surface area contributed by atoms with Crippen molar-refractivity contribution in [2.24, 2.45) is 0 Å². The minimum absolute atomic E-state index is 0.0189. The number of aryl methyl sites for hydroxylation is 2. The second-order valence-electron chi connectivity index (χ2n) is 6.54. The lowest BCUT2D eigenvalue weighted by molar-refractivity contribution is -0.116. The molecule has 2 aromatic rings. The summed E-state index contributed by atoms with van der Waals surface area (Å²) < 4.78 is 5.76. The van der Waals surface area contributed by atoms with Gasteiger partial charge in [0.15, 0.2) is 23.0 Å². The molecule has 0 amide bonds. The van der Waals surface area contributed by atoms with E-state index in [0.29, 0.717) is 58.1 Å². The fourth-order valence-electron chi connectivity index (χ4n) is 3.08. The zero-order valence-electron chi connectivity index (χ0n) is 14.8. The highest BCUT2D eigenvalue weighted by Gasteiger charge is 2.27. The van der Waals surface area contributed by atoms with Gasteiger partial charge in [0.25, 0.3) is 0 Å². The van der Waals surface area contributed by atoms with Crippen LogP contribution in [0, 0.1) is 6.92 Å². The topological polar surface area (TPSA) is 60.2 Å². The summed E-state index contributed by atoms with van der Waals surface area (Å²) >= 11 is 6.11. The highest BCUT2D eigenvalue weighted by Crippen LogP contribution is 2.28. The lowest BCUT2D eigenvalue weighted by atomic mass is 9.84. The molecule has 0 fully saturated rings. The van der Waals surface area contributed by atoms with Crippen LogP contribution in [0.3, 0.4) is 0 Å². The number of hydrogen-bond donors (Lipinski definition) is 0. The molecule has 0 N–H and O–H groups in total. The summed E-state index contributed by atoms with van der Waals surface area (Å²) in [6, 6.07) is 3.67. The van der Waals surface area contributed by atoms with E-state index in [1.807, 2.05) is 13.0 Å². The van der Waals surface area contributed by atoms with Gasteiger partial charge in [-0.15, -0.1) is 0 Å². The number of halogens is 1. The van der Waals surface area contributed by atoms with Crippen molar-refractivity contribution in [3.8, 4) is 0 Å². The Morgan fingerprint density at radius 2 is 1.64 bits per heavy atom. The number of allylic oxidation sites excluding steroid dienone is 4. The Labute approximate surface area is 151 Å². The molecule has 0 bridgehead atoms. The molecule has 4 nitrogen and oxygen atoms in total. The number of hydrogen-bond acceptors (Lipinski definition) is 4. The van der Waals surface area contributed by atoms with Crippen LogP contribution in [0.15, 0.2) is 38.8 Å². The van der Waals surface area contributed by atoms with Crippen LogP contribution < -0.4 is 0 Å². The normalized spacial score (nSPS) is 15.7. The summed E-state index contributed by atoms with van der Waals surface area (Å²) in [5, 5.41) is 0.664. The number of aromatic nitrogens is 1. The Bertz CT molecular complexity index is 924. The van der Waals surface area contributed by atoms with Gasteiger partial charge in [-0.05, 0) is 58.2 Å². The Balaban J connectivity index is 1.73. The van der Waals surface area contributed by atoms with E-state index in [2.05, 4.69) is 4.98 Å². The first-order valence-electron chi connectivity index (χ1n) is 8.31. The first-order chi connectivity index (χ1) is 11.8. The zero-order chi connectivity index (χ0) is 18.3. The van der Waals surface area contributed by atoms with Gasteiger partial charge in [-0.3, -0.25) is 9.59 Å². The van der Waals surface area contributed by atoms with Gasteiger partial charge >= 0.3 is 0 Å². The maximum Gasteiger partial charge on any atom is 0.195 e. The first kappa shape index (κ1) is 17.6. The molecule has 0 saturated heterocycles. The molecule has 3 rings (SSSR count). The number of carbonyl (C=O) groups excluding carboxylic acids is 2. The number of oxazole rings is 1. The van der Waals surface area contributed by atoms with Crippen molar-refractivity contribution in [3.05, 3.63) is 50.9 Å². The predicted octanol–water partition coefficient (Wildman–Crippen LogP) is 4.92. The minimum atomic E-state index is -0.0286. The second-order valence-corrected chi connectivity index (χ2v) is 6.95. The molecule has 0 aliphatic heterocycles. The lowest BCUT2D eigenvalue weighted by Crippen LogP contribution is -2.20. The molecule has 0 radical (unpaired) electrons. The van der Waals surface area contributed by atoms with Crippen LogP contribution in [-0.2, 0) is 16.0 Å². The van der Waals surface area contributed by atoms with Crippen LogP contribution in [-0.4, -0.2) is 16.6 Å². The number of Topliss-reactive ketones (excluding diaryl/α,β-unsaturated/α-hetero) is 2. The number of carbonyl (C=O) groups is 2. The third-order valence-corrected chi connectivity index (χ3v) is 5.25. The van der Waals surface area contributed by atoms with E-state index >= 15 is 0 Å². The van der Waals surface area contributed by atoms with Crippen molar-refractivity contribution in [1.29, 1.82) is 0 Å². The van der Waals surface area contributed by atoms with Crippen LogP contribution in [0.2, 0.25) is 5.02 Å². The van der Waals surface area contributed by atoms with E-state index in [9.17, 15) is 9.59 Å². The molecule has 1 aromatic carbocycles. The summed E-state index contributed by atoms with van der Waals surface area (Å²) in [6.45, 7) is 7.08. The van der Waals surface area contributed by atoms with Crippen LogP contribution in [0.5, 0.6) is 0 Å². The van der Waals surface area contributed by atoms with Gasteiger partial charge in [-0.2, -0.15) is 0 Å². The van der Waals surface area contributed by atoms with E-state index < -0.39 is 0 Å². The second kappa shape index (κ2) is 6.60. The van der Waals surface area contributed by atoms with Crippen molar-refractivity contribution in [2.75, 3.05) is 0 Å². The first-order valence-corrected chi connectivity index (χ1v) is 8.69. The van der Waals surface area contributed by atoms with Gasteiger partial charge < -0.3 is 4.42 Å². The molecular weight excluding hydrogens is 338 g/mol. The Hall–Kier alpha value is -2.20. The van der Waals surface area contributed by atoms with Gasteiger partial charge in [0.05, 0.1) is 0 Å². The molecule has 1 aliphatic carbocycles. The van der Waals surface area contributed by atoms with E-state index in [1.54, 1.807) is 26.8 Å². The Morgan fingerprint density at radius 3 is 2.36 bits per heavy atom. The van der Waals surface area contributed by atoms with Gasteiger partial charge in [0.2, 0.25) is 0 Å². The third-order valence-electron chi connectivity index (χ3n) is 4.84. The van der Waals surface area contributed by atoms with E-state index in [4.69, 9.17) is 16.0 Å². The largest absolute Gasteiger partial charge is 0.441 e. The molecule has 0 atom stereocenters. The summed E-state index contributed by atoms with van der Waals surface area (Å²) in [5.41, 5.74) is 4.68. The molecule has 0 unspecified atom stereocenters. The molecule has 1 aliphatic rings. The molecular formula is C20H20ClNO3. The molecule has 130 valence electrons. The Kier molecular flexibility index (Phi) is 4.65. The van der Waals surface area contributed by atoms with Crippen LogP contribution in [0.25, 0.3) is 11.1 Å². The SMILES string of the molecule is CC1=C(C)C(=O)C(CCCc2nc3cc(Cl)c(C)cc3o2)=C(C)C1=O. The summed E-state index contributed by atoms with van der Waals surface area (Å²) in [7, 11) is 0. The Morgan fingerprint density at radius 1 is 0.960 bits per heavy atom. The highest BCUT2D eigenvalue weighted by molar-refractivity contribution is 6.32. The molecule has 1 aromatic heterocycles. The van der Waals surface area contributed by atoms with E-state index in [0.717, 1.165) is 11.1 Å². The lowest BCUT2D eigenvalue weighted by Gasteiger charge is -2.18. The van der Waals surface area contributed by atoms with Gasteiger partial charge in [-0.1, -0.05) is 11.6 Å². The van der Waals surface area contributed by atoms with Crippen molar-refractivity contribution in [1.82, 2.24) is 4.98 Å². The maximum absolute atomic E-state index is 12.4. The van der Waals surface area contributed by atoms with Gasteiger partial charge in [-0.25, -0.2) is 4.98 Å². The zero-order valence-corrected chi connectivity index (χ0v) is 15.6. The minimum Gasteiger partial charge on any atom is -0.441 e. The van der Waals surface area contributed by atoms with Crippen molar-refractivity contribution in [2.45, 2.75) is 47.0 Å². The van der Waals surface area contributed by atoms with Crippen molar-refractivity contribution in [3.63, 3.8) is 0 Å². The van der Waals surface area contributed by atoms with E-state index in [1.165, 1.54) is 0 Å². The summed E-state index contributed by atoms with van der Waals surface area (Å²) in [4.78, 5) is 29.1. The van der Waals surface area contributed by atoms with Crippen molar-refractivity contribution < 1.29 is 14.0 Å².